The second-order valence-electron chi connectivity index (χ2n) is 8.67. The van der Waals surface area contributed by atoms with Crippen LogP contribution in [0.15, 0.2) is 35.4 Å². The predicted octanol–water partition coefficient (Wildman–Crippen LogP) is 2.22. The van der Waals surface area contributed by atoms with Crippen LogP contribution in [0.3, 0.4) is 0 Å². The van der Waals surface area contributed by atoms with E-state index in [4.69, 9.17) is 0 Å². The number of hydrogen-bond donors (Lipinski definition) is 2. The molecule has 3 aromatic rings. The number of nitrogens with one attached hydrogen (secondary N) is 2. The van der Waals surface area contributed by atoms with Crippen molar-refractivity contribution in [2.45, 2.75) is 46.2 Å². The van der Waals surface area contributed by atoms with Gasteiger partial charge in [0.1, 0.15) is 17.6 Å². The SMILES string of the molecule is CCCNC(=O)[C@@H]1CCCN(c2nc3ncn(CC(=O)NCc4ccc(C)cc4)c(=O)c3s2)C1. The Morgan fingerprint density at radius 2 is 2.00 bits per heavy atom. The Labute approximate surface area is 202 Å². The number of carbonyl (C=O) groups excluding carboxylic acids is 2. The first-order chi connectivity index (χ1) is 16.4. The predicted molar refractivity (Wildman–Crippen MR) is 133 cm³/mol. The lowest BCUT2D eigenvalue weighted by Crippen LogP contribution is -2.43. The van der Waals surface area contributed by atoms with Gasteiger partial charge in [-0.25, -0.2) is 4.98 Å². The molecule has 1 fully saturated rings. The topological polar surface area (TPSA) is 109 Å². The Kier molecular flexibility index (Phi) is 7.56. The first-order valence-corrected chi connectivity index (χ1v) is 12.5. The van der Waals surface area contributed by atoms with Crippen LogP contribution in [0.2, 0.25) is 0 Å². The van der Waals surface area contributed by atoms with Gasteiger partial charge in [0.05, 0.1) is 5.92 Å². The molecule has 1 aromatic carbocycles. The summed E-state index contributed by atoms with van der Waals surface area (Å²) in [7, 11) is 0. The van der Waals surface area contributed by atoms with Crippen LogP contribution in [0.5, 0.6) is 0 Å². The number of fused-ring (bicyclic) bond motifs is 1. The van der Waals surface area contributed by atoms with Crippen LogP contribution < -0.4 is 21.1 Å². The molecule has 0 spiro atoms. The fourth-order valence-corrected chi connectivity index (χ4v) is 4.96. The van der Waals surface area contributed by atoms with E-state index >= 15 is 0 Å². The summed E-state index contributed by atoms with van der Waals surface area (Å²) < 4.78 is 1.73. The van der Waals surface area contributed by atoms with Gasteiger partial charge < -0.3 is 15.5 Å². The molecule has 0 saturated carbocycles. The van der Waals surface area contributed by atoms with E-state index in [1.54, 1.807) is 0 Å². The fourth-order valence-electron chi connectivity index (χ4n) is 3.96. The summed E-state index contributed by atoms with van der Waals surface area (Å²) in [6.07, 6.45) is 4.01. The molecule has 180 valence electrons. The van der Waals surface area contributed by atoms with E-state index in [9.17, 15) is 14.4 Å². The average Bonchev–Trinajstić information content (AvgIpc) is 3.29. The third-order valence-corrected chi connectivity index (χ3v) is 7.00. The van der Waals surface area contributed by atoms with Crippen LogP contribution in [-0.2, 0) is 22.7 Å². The van der Waals surface area contributed by atoms with E-state index in [2.05, 4.69) is 25.5 Å². The van der Waals surface area contributed by atoms with Crippen LogP contribution in [0.4, 0.5) is 5.13 Å². The van der Waals surface area contributed by atoms with Gasteiger partial charge in [0.15, 0.2) is 10.8 Å². The Morgan fingerprint density at radius 1 is 1.21 bits per heavy atom. The van der Waals surface area contributed by atoms with Crippen LogP contribution >= 0.6 is 11.3 Å². The Balaban J connectivity index is 1.42. The standard InChI is InChI=1S/C24H30N6O3S/c1-3-10-25-22(32)18-5-4-11-29(13-18)24-28-21-20(34-24)23(33)30(15-27-21)14-19(31)26-12-17-8-6-16(2)7-9-17/h6-9,15,18H,3-5,10-14H2,1-2H3,(H,25,32)(H,26,31)/t18-/m1/s1. The number of anilines is 1. The normalized spacial score (nSPS) is 15.9. The van der Waals surface area contributed by atoms with Gasteiger partial charge in [-0.15, -0.1) is 0 Å². The maximum absolute atomic E-state index is 13.0. The van der Waals surface area contributed by atoms with Crippen molar-refractivity contribution in [3.05, 3.63) is 52.1 Å². The molecule has 1 saturated heterocycles. The van der Waals surface area contributed by atoms with Crippen molar-refractivity contribution in [2.24, 2.45) is 5.92 Å². The highest BCUT2D eigenvalue weighted by Crippen LogP contribution is 2.29. The van der Waals surface area contributed by atoms with Crippen molar-refractivity contribution in [1.82, 2.24) is 25.2 Å². The lowest BCUT2D eigenvalue weighted by Gasteiger charge is -2.31. The molecule has 1 aliphatic rings. The number of aromatic nitrogens is 3. The maximum atomic E-state index is 13.0. The van der Waals surface area contributed by atoms with Crippen molar-refractivity contribution in [3.8, 4) is 0 Å². The molecule has 3 heterocycles. The summed E-state index contributed by atoms with van der Waals surface area (Å²) in [6.45, 7) is 6.37. The van der Waals surface area contributed by atoms with Gasteiger partial charge >= 0.3 is 0 Å². The monoisotopic (exact) mass is 482 g/mol. The smallest absolute Gasteiger partial charge is 0.273 e. The zero-order valence-electron chi connectivity index (χ0n) is 19.5. The van der Waals surface area contributed by atoms with E-state index in [0.29, 0.717) is 35.1 Å². The molecule has 4 rings (SSSR count). The van der Waals surface area contributed by atoms with E-state index in [0.717, 1.165) is 36.9 Å². The van der Waals surface area contributed by atoms with Gasteiger partial charge in [-0.3, -0.25) is 19.0 Å². The first kappa shape index (κ1) is 23.9. The molecule has 0 radical (unpaired) electrons. The molecule has 10 heteroatoms. The number of rotatable bonds is 8. The largest absolute Gasteiger partial charge is 0.356 e. The zero-order chi connectivity index (χ0) is 24.1. The van der Waals surface area contributed by atoms with Crippen LogP contribution in [0.1, 0.15) is 37.3 Å². The molecule has 34 heavy (non-hydrogen) atoms. The van der Waals surface area contributed by atoms with Gasteiger partial charge in [0.2, 0.25) is 11.8 Å². The molecular weight excluding hydrogens is 452 g/mol. The van der Waals surface area contributed by atoms with Crippen molar-refractivity contribution in [1.29, 1.82) is 0 Å². The van der Waals surface area contributed by atoms with Crippen molar-refractivity contribution in [2.75, 3.05) is 24.5 Å². The quantitative estimate of drug-likeness (QED) is 0.510. The first-order valence-electron chi connectivity index (χ1n) is 11.7. The zero-order valence-corrected chi connectivity index (χ0v) is 20.4. The highest BCUT2D eigenvalue weighted by Gasteiger charge is 2.27. The third kappa shape index (κ3) is 5.61. The number of thiazole rings is 1. The number of nitrogens with zero attached hydrogens (tertiary/aromatic N) is 4. The summed E-state index contributed by atoms with van der Waals surface area (Å²) >= 11 is 1.27. The van der Waals surface area contributed by atoms with E-state index < -0.39 is 0 Å². The number of aryl methyl sites for hydroxylation is 1. The van der Waals surface area contributed by atoms with Crippen molar-refractivity contribution in [3.63, 3.8) is 0 Å². The Hall–Kier alpha value is -3.27. The minimum atomic E-state index is -0.284. The van der Waals surface area contributed by atoms with Crippen LogP contribution in [-0.4, -0.2) is 46.0 Å². The minimum Gasteiger partial charge on any atom is -0.356 e. The summed E-state index contributed by atoms with van der Waals surface area (Å²) in [5, 5.41) is 6.51. The number of benzene rings is 1. The fraction of sp³-hybridized carbons (Fsp3) is 0.458. The van der Waals surface area contributed by atoms with Crippen LogP contribution in [0.25, 0.3) is 10.3 Å². The lowest BCUT2D eigenvalue weighted by atomic mass is 9.97. The number of carbonyl (C=O) groups is 2. The molecule has 2 aromatic heterocycles. The van der Waals surface area contributed by atoms with E-state index in [-0.39, 0.29) is 29.8 Å². The second kappa shape index (κ2) is 10.8. The summed E-state index contributed by atoms with van der Waals surface area (Å²) in [5.74, 6) is -0.274. The molecule has 1 atom stereocenters. The van der Waals surface area contributed by atoms with Gasteiger partial charge in [-0.1, -0.05) is 48.1 Å². The van der Waals surface area contributed by atoms with Gasteiger partial charge in [0.25, 0.3) is 5.56 Å². The molecule has 0 bridgehead atoms. The van der Waals surface area contributed by atoms with Gasteiger partial charge in [0, 0.05) is 26.2 Å². The maximum Gasteiger partial charge on any atom is 0.273 e. The summed E-state index contributed by atoms with van der Waals surface area (Å²) in [6, 6.07) is 7.92. The van der Waals surface area contributed by atoms with E-state index in [1.807, 2.05) is 38.1 Å². The average molecular weight is 483 g/mol. The number of hydrogen-bond acceptors (Lipinski definition) is 7. The minimum absolute atomic E-state index is 0.0739. The molecule has 9 nitrogen and oxygen atoms in total. The van der Waals surface area contributed by atoms with Gasteiger partial charge in [-0.2, -0.15) is 4.98 Å². The molecule has 0 aliphatic carbocycles. The summed E-state index contributed by atoms with van der Waals surface area (Å²) in [4.78, 5) is 48.7. The van der Waals surface area contributed by atoms with E-state index in [1.165, 1.54) is 22.2 Å². The van der Waals surface area contributed by atoms with Crippen LogP contribution in [0, 0.1) is 12.8 Å². The number of piperidine rings is 1. The molecule has 1 aliphatic heterocycles. The molecule has 2 amide bonds. The second-order valence-corrected chi connectivity index (χ2v) is 9.64. The molecular formula is C24H30N6O3S. The molecule has 0 unspecified atom stereocenters. The summed E-state index contributed by atoms with van der Waals surface area (Å²) in [5.41, 5.74) is 2.24. The van der Waals surface area contributed by atoms with Gasteiger partial charge in [-0.05, 0) is 31.7 Å². The Bertz CT molecular complexity index is 1220. The highest BCUT2D eigenvalue weighted by molar-refractivity contribution is 7.22. The Morgan fingerprint density at radius 3 is 2.76 bits per heavy atom. The lowest BCUT2D eigenvalue weighted by molar-refractivity contribution is -0.125. The van der Waals surface area contributed by atoms with Crippen molar-refractivity contribution >= 4 is 38.6 Å². The van der Waals surface area contributed by atoms with Crippen molar-refractivity contribution < 1.29 is 9.59 Å². The third-order valence-electron chi connectivity index (χ3n) is 5.91. The number of amides is 2. The highest BCUT2D eigenvalue weighted by atomic mass is 32.1. The molecule has 2 N–H and O–H groups in total.